The molecule has 5 aromatic carbocycles. The normalized spacial score (nSPS) is 10.9. The summed E-state index contributed by atoms with van der Waals surface area (Å²) in [5, 5.41) is 0. The van der Waals surface area contributed by atoms with Crippen molar-refractivity contribution in [2.24, 2.45) is 0 Å². The zero-order valence-electron chi connectivity index (χ0n) is 19.3. The minimum absolute atomic E-state index is 0.659. The number of nitrogens with zero attached hydrogens (tertiary/aromatic N) is 1. The van der Waals surface area contributed by atoms with Gasteiger partial charge in [0.05, 0.1) is 0 Å². The molecule has 0 heterocycles. The number of benzene rings is 5. The van der Waals surface area contributed by atoms with Gasteiger partial charge in [-0.05, 0) is 64.7 Å². The number of rotatable bonds is 7. The Bertz CT molecular complexity index is 1380. The summed E-state index contributed by atoms with van der Waals surface area (Å²) in [4.78, 5) is 14.0. The molecule has 0 bridgehead atoms. The van der Waals surface area contributed by atoms with Crippen LogP contribution < -0.4 is 4.90 Å². The Kier molecular flexibility index (Phi) is 6.63. The van der Waals surface area contributed by atoms with E-state index in [1.54, 1.807) is 0 Å². The summed E-state index contributed by atoms with van der Waals surface area (Å²) >= 11 is 0. The molecule has 0 saturated heterocycles. The van der Waals surface area contributed by atoms with E-state index in [2.05, 4.69) is 77.7 Å². The van der Waals surface area contributed by atoms with E-state index in [1.165, 1.54) is 11.1 Å². The first-order valence-corrected chi connectivity index (χ1v) is 11.6. The first-order valence-electron chi connectivity index (χ1n) is 11.6. The number of hydrogen-bond acceptors (Lipinski definition) is 2. The number of anilines is 3. The van der Waals surface area contributed by atoms with Crippen LogP contribution in [0, 0.1) is 0 Å². The first-order chi connectivity index (χ1) is 17.3. The molecule has 5 rings (SSSR count). The van der Waals surface area contributed by atoms with Crippen LogP contribution in [0.15, 0.2) is 133 Å². The Morgan fingerprint density at radius 1 is 0.457 bits per heavy atom. The summed E-state index contributed by atoms with van der Waals surface area (Å²) < 4.78 is 0. The molecule has 0 radical (unpaired) electrons. The van der Waals surface area contributed by atoms with Gasteiger partial charge in [-0.2, -0.15) is 0 Å². The van der Waals surface area contributed by atoms with Gasteiger partial charge in [0.2, 0.25) is 0 Å². The first kappa shape index (κ1) is 22.1. The highest BCUT2D eigenvalue weighted by molar-refractivity contribution is 5.88. The van der Waals surface area contributed by atoms with Gasteiger partial charge < -0.3 is 4.90 Å². The molecule has 2 nitrogen and oxygen atoms in total. The second-order valence-electron chi connectivity index (χ2n) is 8.26. The predicted octanol–water partition coefficient (Wildman–Crippen LogP) is 8.81. The van der Waals surface area contributed by atoms with Gasteiger partial charge >= 0.3 is 0 Å². The summed E-state index contributed by atoms with van der Waals surface area (Å²) in [7, 11) is 0. The lowest BCUT2D eigenvalue weighted by Crippen LogP contribution is -2.10. The smallest absolute Gasteiger partial charge is 0.150 e. The van der Waals surface area contributed by atoms with Crippen molar-refractivity contribution in [3.8, 4) is 11.1 Å². The molecule has 35 heavy (non-hydrogen) atoms. The monoisotopic (exact) mass is 451 g/mol. The molecule has 0 amide bonds. The van der Waals surface area contributed by atoms with Crippen LogP contribution in [0.5, 0.6) is 0 Å². The van der Waals surface area contributed by atoms with Crippen molar-refractivity contribution >= 4 is 35.5 Å². The number of aldehydes is 1. The Labute approximate surface area is 206 Å². The third-order valence-corrected chi connectivity index (χ3v) is 5.96. The number of carbonyl (C=O) groups excluding carboxylic acids is 1. The van der Waals surface area contributed by atoms with E-state index in [1.807, 2.05) is 72.8 Å². The van der Waals surface area contributed by atoms with Crippen molar-refractivity contribution < 1.29 is 4.79 Å². The minimum Gasteiger partial charge on any atom is -0.310 e. The van der Waals surface area contributed by atoms with Crippen LogP contribution in [0.4, 0.5) is 17.1 Å². The van der Waals surface area contributed by atoms with E-state index >= 15 is 0 Å². The zero-order chi connectivity index (χ0) is 23.9. The van der Waals surface area contributed by atoms with Crippen LogP contribution in [0.2, 0.25) is 0 Å². The van der Waals surface area contributed by atoms with Crippen molar-refractivity contribution in [3.05, 3.63) is 150 Å². The van der Waals surface area contributed by atoms with Crippen LogP contribution >= 0.6 is 0 Å². The third kappa shape index (κ3) is 5.13. The zero-order valence-corrected chi connectivity index (χ0v) is 19.3. The fourth-order valence-corrected chi connectivity index (χ4v) is 4.16. The van der Waals surface area contributed by atoms with Crippen molar-refractivity contribution in [1.82, 2.24) is 0 Å². The molecule has 0 aliphatic carbocycles. The van der Waals surface area contributed by atoms with Gasteiger partial charge in [0, 0.05) is 22.6 Å². The summed E-state index contributed by atoms with van der Waals surface area (Å²) in [6.07, 6.45) is 4.98. The standard InChI is InChI=1S/C33H25NO/c35-25-30-22-23-33(34(31-12-6-2-7-13-31)32-14-8-3-9-15-32)24-29(30)21-18-26-16-19-28(20-17-26)27-10-4-1-5-11-27/h1-25H/b21-18+. The molecule has 168 valence electrons. The van der Waals surface area contributed by atoms with Crippen LogP contribution in [-0.4, -0.2) is 6.29 Å². The lowest BCUT2D eigenvalue weighted by atomic mass is 10.0. The number of carbonyl (C=O) groups is 1. The van der Waals surface area contributed by atoms with Gasteiger partial charge in [0.15, 0.2) is 6.29 Å². The van der Waals surface area contributed by atoms with Gasteiger partial charge in [-0.1, -0.05) is 103 Å². The van der Waals surface area contributed by atoms with Gasteiger partial charge in [0.1, 0.15) is 0 Å². The summed E-state index contributed by atoms with van der Waals surface area (Å²) in [6.45, 7) is 0. The topological polar surface area (TPSA) is 20.3 Å². The van der Waals surface area contributed by atoms with E-state index < -0.39 is 0 Å². The van der Waals surface area contributed by atoms with Crippen molar-refractivity contribution in [2.75, 3.05) is 4.90 Å². The van der Waals surface area contributed by atoms with Gasteiger partial charge in [-0.25, -0.2) is 0 Å². The summed E-state index contributed by atoms with van der Waals surface area (Å²) in [5.74, 6) is 0. The summed E-state index contributed by atoms with van der Waals surface area (Å²) in [5.41, 5.74) is 8.10. The Hall–Kier alpha value is -4.69. The van der Waals surface area contributed by atoms with Crippen molar-refractivity contribution in [1.29, 1.82) is 0 Å². The average Bonchev–Trinajstić information content (AvgIpc) is 2.94. The van der Waals surface area contributed by atoms with Crippen molar-refractivity contribution in [3.63, 3.8) is 0 Å². The molecule has 5 aromatic rings. The second-order valence-corrected chi connectivity index (χ2v) is 8.26. The second kappa shape index (κ2) is 10.5. The molecule has 0 unspecified atom stereocenters. The predicted molar refractivity (Wildman–Crippen MR) is 147 cm³/mol. The van der Waals surface area contributed by atoms with Crippen LogP contribution in [0.25, 0.3) is 23.3 Å². The van der Waals surface area contributed by atoms with Crippen LogP contribution in [0.1, 0.15) is 21.5 Å². The maximum Gasteiger partial charge on any atom is 0.150 e. The minimum atomic E-state index is 0.659. The highest BCUT2D eigenvalue weighted by Crippen LogP contribution is 2.35. The molecule has 0 aliphatic rings. The van der Waals surface area contributed by atoms with E-state index in [4.69, 9.17) is 0 Å². The average molecular weight is 452 g/mol. The molecular formula is C33H25NO. The molecule has 0 aromatic heterocycles. The Balaban J connectivity index is 1.49. The maximum atomic E-state index is 11.8. The lowest BCUT2D eigenvalue weighted by Gasteiger charge is -2.26. The fraction of sp³-hybridized carbons (Fsp3) is 0. The van der Waals surface area contributed by atoms with Crippen LogP contribution in [0.3, 0.4) is 0 Å². The van der Waals surface area contributed by atoms with E-state index in [0.29, 0.717) is 5.56 Å². The third-order valence-electron chi connectivity index (χ3n) is 5.96. The molecule has 0 aliphatic heterocycles. The highest BCUT2D eigenvalue weighted by Gasteiger charge is 2.13. The van der Waals surface area contributed by atoms with Gasteiger partial charge in [-0.15, -0.1) is 0 Å². The largest absolute Gasteiger partial charge is 0.310 e. The lowest BCUT2D eigenvalue weighted by molar-refractivity contribution is 0.112. The van der Waals surface area contributed by atoms with Crippen molar-refractivity contribution in [2.45, 2.75) is 0 Å². The Morgan fingerprint density at radius 3 is 1.57 bits per heavy atom. The number of para-hydroxylation sites is 2. The quantitative estimate of drug-likeness (QED) is 0.182. The highest BCUT2D eigenvalue weighted by atomic mass is 16.1. The van der Waals surface area contributed by atoms with E-state index in [9.17, 15) is 4.79 Å². The number of hydrogen-bond donors (Lipinski definition) is 0. The molecule has 0 N–H and O–H groups in total. The molecule has 2 heteroatoms. The maximum absolute atomic E-state index is 11.8. The van der Waals surface area contributed by atoms with Crippen LogP contribution in [-0.2, 0) is 0 Å². The van der Waals surface area contributed by atoms with E-state index in [0.717, 1.165) is 34.5 Å². The molecule has 0 fully saturated rings. The SMILES string of the molecule is O=Cc1ccc(N(c2ccccc2)c2ccccc2)cc1/C=C/c1ccc(-c2ccccc2)cc1. The van der Waals surface area contributed by atoms with Gasteiger partial charge in [0.25, 0.3) is 0 Å². The molecule has 0 atom stereocenters. The van der Waals surface area contributed by atoms with Gasteiger partial charge in [-0.3, -0.25) is 4.79 Å². The molecule has 0 saturated carbocycles. The Morgan fingerprint density at radius 2 is 1.00 bits per heavy atom. The van der Waals surface area contributed by atoms with E-state index in [-0.39, 0.29) is 0 Å². The fourth-order valence-electron chi connectivity index (χ4n) is 4.16. The summed E-state index contributed by atoms with van der Waals surface area (Å²) in [6, 6.07) is 45.2. The molecule has 0 spiro atoms. The molecular weight excluding hydrogens is 426 g/mol.